The van der Waals surface area contributed by atoms with E-state index in [2.05, 4.69) is 56.2 Å². The first-order chi connectivity index (χ1) is 10.1. The molecule has 0 radical (unpaired) electrons. The van der Waals surface area contributed by atoms with Crippen LogP contribution >= 0.6 is 31.9 Å². The number of hydrogen-bond donors (Lipinski definition) is 1. The molecule has 0 amide bonds. The third-order valence-electron chi connectivity index (χ3n) is 2.97. The van der Waals surface area contributed by atoms with Gasteiger partial charge in [0.25, 0.3) is 0 Å². The highest BCUT2D eigenvalue weighted by Crippen LogP contribution is 2.34. The fraction of sp³-hybridized carbons (Fsp3) is 0.500. The molecule has 0 aromatic heterocycles. The Morgan fingerprint density at radius 1 is 1.29 bits per heavy atom. The van der Waals surface area contributed by atoms with Crippen LogP contribution in [-0.2, 0) is 4.74 Å². The van der Waals surface area contributed by atoms with Crippen molar-refractivity contribution < 1.29 is 9.47 Å². The highest BCUT2D eigenvalue weighted by atomic mass is 79.9. The van der Waals surface area contributed by atoms with Gasteiger partial charge in [0.05, 0.1) is 17.7 Å². The second-order valence-electron chi connectivity index (χ2n) is 4.56. The maximum atomic E-state index is 5.76. The fourth-order valence-electron chi connectivity index (χ4n) is 1.91. The first-order valence-electron chi connectivity index (χ1n) is 7.13. The van der Waals surface area contributed by atoms with Gasteiger partial charge in [0.2, 0.25) is 0 Å². The molecule has 0 spiro atoms. The van der Waals surface area contributed by atoms with E-state index in [0.717, 1.165) is 46.4 Å². The van der Waals surface area contributed by atoms with Crippen molar-refractivity contribution >= 4 is 37.9 Å². The quantitative estimate of drug-likeness (QED) is 0.590. The normalized spacial score (nSPS) is 11.8. The summed E-state index contributed by atoms with van der Waals surface area (Å²) in [6.45, 7) is 7.24. The molecule has 1 N–H and O–H groups in total. The average molecular weight is 421 g/mol. The molecule has 0 fully saturated rings. The van der Waals surface area contributed by atoms with Gasteiger partial charge in [-0.15, -0.1) is 0 Å². The lowest BCUT2D eigenvalue weighted by molar-refractivity contribution is 0.200. The molecule has 5 heteroatoms. The van der Waals surface area contributed by atoms with E-state index < -0.39 is 0 Å². The van der Waals surface area contributed by atoms with Gasteiger partial charge in [-0.1, -0.05) is 34.5 Å². The van der Waals surface area contributed by atoms with Gasteiger partial charge in [-0.2, -0.15) is 0 Å². The Bertz CT molecular complexity index is 476. The average Bonchev–Trinajstić information content (AvgIpc) is 2.45. The smallest absolute Gasteiger partial charge is 0.140 e. The van der Waals surface area contributed by atoms with E-state index in [1.54, 1.807) is 7.11 Å². The van der Waals surface area contributed by atoms with Gasteiger partial charge in [0.15, 0.2) is 0 Å². The molecular formula is C16H23Br2NO2. The molecule has 1 aromatic rings. The molecular weight excluding hydrogens is 398 g/mol. The van der Waals surface area contributed by atoms with E-state index in [1.807, 2.05) is 13.0 Å². The van der Waals surface area contributed by atoms with Crippen LogP contribution < -0.4 is 10.1 Å². The highest BCUT2D eigenvalue weighted by Gasteiger charge is 2.09. The van der Waals surface area contributed by atoms with Crippen LogP contribution in [0.25, 0.3) is 6.08 Å². The number of ether oxygens (including phenoxy) is 2. The van der Waals surface area contributed by atoms with E-state index >= 15 is 0 Å². The summed E-state index contributed by atoms with van der Waals surface area (Å²) in [5.41, 5.74) is 2.42. The molecule has 0 heterocycles. The predicted octanol–water partition coefficient (Wildman–Crippen LogP) is 4.64. The van der Waals surface area contributed by atoms with E-state index in [9.17, 15) is 0 Å². The molecule has 1 rings (SSSR count). The molecule has 0 aliphatic heterocycles. The van der Waals surface area contributed by atoms with Crippen LogP contribution in [0.1, 0.15) is 25.8 Å². The maximum Gasteiger partial charge on any atom is 0.140 e. The second kappa shape index (κ2) is 10.4. The SMILES string of the molecule is CCOc1c(Br)cc(Br)cc1C=C(CC)CNCCOC. The Balaban J connectivity index is 2.92. The van der Waals surface area contributed by atoms with Gasteiger partial charge in [-0.25, -0.2) is 0 Å². The molecule has 1 aromatic carbocycles. The van der Waals surface area contributed by atoms with Gasteiger partial charge in [0, 0.05) is 30.2 Å². The Hall–Kier alpha value is -0.360. The zero-order valence-electron chi connectivity index (χ0n) is 12.8. The van der Waals surface area contributed by atoms with Crippen LogP contribution in [0.5, 0.6) is 5.75 Å². The minimum absolute atomic E-state index is 0.647. The molecule has 118 valence electrons. The standard InChI is InChI=1S/C16H23Br2NO2/c1-4-12(11-19-6-7-20-3)8-13-9-14(17)10-15(18)16(13)21-5-2/h8-10,19H,4-7,11H2,1-3H3. The van der Waals surface area contributed by atoms with E-state index in [1.165, 1.54) is 5.57 Å². The zero-order valence-corrected chi connectivity index (χ0v) is 16.0. The first kappa shape index (κ1) is 18.7. The van der Waals surface area contributed by atoms with Crippen LogP contribution in [0.3, 0.4) is 0 Å². The van der Waals surface area contributed by atoms with Crippen LogP contribution in [-0.4, -0.2) is 33.4 Å². The molecule has 0 unspecified atom stereocenters. The molecule has 0 bridgehead atoms. The summed E-state index contributed by atoms with van der Waals surface area (Å²) in [4.78, 5) is 0. The summed E-state index contributed by atoms with van der Waals surface area (Å²) in [5.74, 6) is 0.892. The van der Waals surface area contributed by atoms with E-state index in [-0.39, 0.29) is 0 Å². The van der Waals surface area contributed by atoms with Crippen LogP contribution in [0.15, 0.2) is 26.7 Å². The van der Waals surface area contributed by atoms with Crippen LogP contribution in [0.4, 0.5) is 0 Å². The lowest BCUT2D eigenvalue weighted by Crippen LogP contribution is -2.21. The lowest BCUT2D eigenvalue weighted by Gasteiger charge is -2.13. The van der Waals surface area contributed by atoms with Gasteiger partial charge < -0.3 is 14.8 Å². The molecule has 0 aliphatic rings. The Morgan fingerprint density at radius 3 is 2.67 bits per heavy atom. The molecule has 0 saturated heterocycles. The molecule has 0 saturated carbocycles. The van der Waals surface area contributed by atoms with Crippen molar-refractivity contribution in [1.82, 2.24) is 5.32 Å². The van der Waals surface area contributed by atoms with Crippen molar-refractivity contribution in [3.63, 3.8) is 0 Å². The summed E-state index contributed by atoms with van der Waals surface area (Å²) in [5, 5.41) is 3.38. The number of halogens is 2. The second-order valence-corrected chi connectivity index (χ2v) is 6.33. The number of benzene rings is 1. The number of rotatable bonds is 9. The largest absolute Gasteiger partial charge is 0.492 e. The Morgan fingerprint density at radius 2 is 2.05 bits per heavy atom. The molecule has 21 heavy (non-hydrogen) atoms. The lowest BCUT2D eigenvalue weighted by atomic mass is 10.1. The van der Waals surface area contributed by atoms with Crippen LogP contribution in [0, 0.1) is 0 Å². The topological polar surface area (TPSA) is 30.5 Å². The highest BCUT2D eigenvalue weighted by molar-refractivity contribution is 9.11. The number of methoxy groups -OCH3 is 1. The van der Waals surface area contributed by atoms with Gasteiger partial charge in [0.1, 0.15) is 5.75 Å². The third-order valence-corrected chi connectivity index (χ3v) is 4.02. The van der Waals surface area contributed by atoms with Crippen molar-refractivity contribution in [3.05, 3.63) is 32.2 Å². The van der Waals surface area contributed by atoms with Crippen molar-refractivity contribution in [2.75, 3.05) is 33.4 Å². The number of hydrogen-bond acceptors (Lipinski definition) is 3. The minimum Gasteiger partial charge on any atom is -0.492 e. The zero-order chi connectivity index (χ0) is 15.7. The molecule has 0 aliphatic carbocycles. The summed E-state index contributed by atoms with van der Waals surface area (Å²) >= 11 is 7.10. The first-order valence-corrected chi connectivity index (χ1v) is 8.71. The fourth-order valence-corrected chi connectivity index (χ4v) is 3.28. The van der Waals surface area contributed by atoms with E-state index in [4.69, 9.17) is 9.47 Å². The van der Waals surface area contributed by atoms with Gasteiger partial charge >= 0.3 is 0 Å². The summed E-state index contributed by atoms with van der Waals surface area (Å²) in [6.07, 6.45) is 3.19. The van der Waals surface area contributed by atoms with E-state index in [0.29, 0.717) is 6.61 Å². The minimum atomic E-state index is 0.647. The van der Waals surface area contributed by atoms with Crippen molar-refractivity contribution in [1.29, 1.82) is 0 Å². The van der Waals surface area contributed by atoms with Gasteiger partial charge in [-0.05, 0) is 41.4 Å². The Kier molecular flexibility index (Phi) is 9.24. The summed E-state index contributed by atoms with van der Waals surface area (Å²) < 4.78 is 12.8. The number of nitrogens with one attached hydrogen (secondary N) is 1. The predicted molar refractivity (Wildman–Crippen MR) is 96.0 cm³/mol. The van der Waals surface area contributed by atoms with Crippen LogP contribution in [0.2, 0.25) is 0 Å². The summed E-state index contributed by atoms with van der Waals surface area (Å²) in [6, 6.07) is 4.09. The molecule has 3 nitrogen and oxygen atoms in total. The van der Waals surface area contributed by atoms with Crippen molar-refractivity contribution in [2.45, 2.75) is 20.3 Å². The van der Waals surface area contributed by atoms with Crippen molar-refractivity contribution in [3.8, 4) is 5.75 Å². The molecule has 0 atom stereocenters. The summed E-state index contributed by atoms with van der Waals surface area (Å²) in [7, 11) is 1.71. The van der Waals surface area contributed by atoms with Gasteiger partial charge in [-0.3, -0.25) is 0 Å². The third kappa shape index (κ3) is 6.51. The van der Waals surface area contributed by atoms with Crippen molar-refractivity contribution in [2.24, 2.45) is 0 Å². The maximum absolute atomic E-state index is 5.76. The Labute approximate surface area is 144 Å². The monoisotopic (exact) mass is 419 g/mol.